The minimum Gasteiger partial charge on any atom is -0.394 e. The van der Waals surface area contributed by atoms with Crippen LogP contribution in [0.3, 0.4) is 0 Å². The predicted octanol–water partition coefficient (Wildman–Crippen LogP) is 0.279. The Hall–Kier alpha value is -0.200. The Labute approximate surface area is 104 Å². The molecule has 0 bridgehead atoms. The van der Waals surface area contributed by atoms with Gasteiger partial charge in [-0.1, -0.05) is 6.92 Å². The second kappa shape index (κ2) is 7.28. The standard InChI is InChI=1S/C12H27NO4/c1-5-12(4,17-8-11(2,3)13)9-16-7-10(15)6-14/h10,14-15H,5-9,13H2,1-4H3. The molecule has 0 saturated heterocycles. The highest BCUT2D eigenvalue weighted by atomic mass is 16.5. The van der Waals surface area contributed by atoms with Crippen molar-refractivity contribution in [3.63, 3.8) is 0 Å². The van der Waals surface area contributed by atoms with Gasteiger partial charge in [0.25, 0.3) is 0 Å². The van der Waals surface area contributed by atoms with Crippen molar-refractivity contribution in [1.29, 1.82) is 0 Å². The molecule has 0 aliphatic rings. The van der Waals surface area contributed by atoms with E-state index in [1.807, 2.05) is 27.7 Å². The number of ether oxygens (including phenoxy) is 2. The van der Waals surface area contributed by atoms with Crippen molar-refractivity contribution < 1.29 is 19.7 Å². The lowest BCUT2D eigenvalue weighted by Gasteiger charge is -2.32. The van der Waals surface area contributed by atoms with Crippen molar-refractivity contribution in [2.24, 2.45) is 5.73 Å². The summed E-state index contributed by atoms with van der Waals surface area (Å²) < 4.78 is 11.1. The topological polar surface area (TPSA) is 84.9 Å². The highest BCUT2D eigenvalue weighted by Gasteiger charge is 2.26. The van der Waals surface area contributed by atoms with Gasteiger partial charge in [-0.25, -0.2) is 0 Å². The zero-order valence-electron chi connectivity index (χ0n) is 11.4. The molecule has 104 valence electrons. The van der Waals surface area contributed by atoms with Crippen molar-refractivity contribution in [2.75, 3.05) is 26.4 Å². The predicted molar refractivity (Wildman–Crippen MR) is 66.8 cm³/mol. The highest BCUT2D eigenvalue weighted by Crippen LogP contribution is 2.17. The molecular weight excluding hydrogens is 222 g/mol. The van der Waals surface area contributed by atoms with Crippen LogP contribution < -0.4 is 5.73 Å². The summed E-state index contributed by atoms with van der Waals surface area (Å²) >= 11 is 0. The van der Waals surface area contributed by atoms with Gasteiger partial charge in [0.2, 0.25) is 0 Å². The van der Waals surface area contributed by atoms with Crippen molar-refractivity contribution in [2.45, 2.75) is 51.4 Å². The first kappa shape index (κ1) is 16.8. The molecule has 0 aliphatic carbocycles. The van der Waals surface area contributed by atoms with Crippen molar-refractivity contribution in [1.82, 2.24) is 0 Å². The Kier molecular flexibility index (Phi) is 7.20. The molecule has 5 heteroatoms. The van der Waals surface area contributed by atoms with Gasteiger partial charge >= 0.3 is 0 Å². The van der Waals surface area contributed by atoms with Crippen molar-refractivity contribution in [3.8, 4) is 0 Å². The minimum atomic E-state index is -0.831. The molecule has 0 rings (SSSR count). The lowest BCUT2D eigenvalue weighted by atomic mass is 10.0. The molecule has 2 atom stereocenters. The van der Waals surface area contributed by atoms with Gasteiger partial charge in [0.15, 0.2) is 0 Å². The van der Waals surface area contributed by atoms with Gasteiger partial charge in [-0.15, -0.1) is 0 Å². The number of nitrogens with two attached hydrogens (primary N) is 1. The quantitative estimate of drug-likeness (QED) is 0.546. The first-order valence-corrected chi connectivity index (χ1v) is 6.02. The SMILES string of the molecule is CCC(C)(COCC(O)CO)OCC(C)(C)N. The Morgan fingerprint density at radius 1 is 1.24 bits per heavy atom. The van der Waals surface area contributed by atoms with Crippen LogP contribution in [-0.4, -0.2) is 53.9 Å². The number of rotatable bonds is 9. The van der Waals surface area contributed by atoms with Gasteiger partial charge in [-0.3, -0.25) is 0 Å². The maximum atomic E-state index is 9.15. The fourth-order valence-corrected chi connectivity index (χ4v) is 1.07. The average molecular weight is 249 g/mol. The van der Waals surface area contributed by atoms with E-state index >= 15 is 0 Å². The molecular formula is C12H27NO4. The molecule has 0 aromatic carbocycles. The van der Waals surface area contributed by atoms with Crippen LogP contribution in [0.25, 0.3) is 0 Å². The van der Waals surface area contributed by atoms with E-state index in [9.17, 15) is 0 Å². The summed E-state index contributed by atoms with van der Waals surface area (Å²) in [6.45, 7) is 8.40. The first-order valence-electron chi connectivity index (χ1n) is 6.02. The molecule has 0 fully saturated rings. The Morgan fingerprint density at radius 3 is 2.24 bits per heavy atom. The molecule has 0 spiro atoms. The van der Waals surface area contributed by atoms with E-state index in [0.717, 1.165) is 6.42 Å². The number of hydrogen-bond acceptors (Lipinski definition) is 5. The van der Waals surface area contributed by atoms with Gasteiger partial charge in [-0.05, 0) is 27.2 Å². The minimum absolute atomic E-state index is 0.113. The summed E-state index contributed by atoms with van der Waals surface area (Å²) in [4.78, 5) is 0. The molecule has 0 heterocycles. The fourth-order valence-electron chi connectivity index (χ4n) is 1.07. The smallest absolute Gasteiger partial charge is 0.100 e. The summed E-state index contributed by atoms with van der Waals surface area (Å²) in [5, 5.41) is 17.8. The van der Waals surface area contributed by atoms with E-state index in [1.165, 1.54) is 0 Å². The Balaban J connectivity index is 4.01. The van der Waals surface area contributed by atoms with E-state index in [-0.39, 0.29) is 18.8 Å². The van der Waals surface area contributed by atoms with Crippen LogP contribution in [0.4, 0.5) is 0 Å². The summed E-state index contributed by atoms with van der Waals surface area (Å²) in [7, 11) is 0. The van der Waals surface area contributed by atoms with Crippen LogP contribution in [0.5, 0.6) is 0 Å². The Morgan fingerprint density at radius 2 is 1.82 bits per heavy atom. The van der Waals surface area contributed by atoms with Gasteiger partial charge in [0.1, 0.15) is 6.10 Å². The van der Waals surface area contributed by atoms with Crippen molar-refractivity contribution in [3.05, 3.63) is 0 Å². The largest absolute Gasteiger partial charge is 0.394 e. The van der Waals surface area contributed by atoms with E-state index in [1.54, 1.807) is 0 Å². The van der Waals surface area contributed by atoms with E-state index < -0.39 is 11.7 Å². The van der Waals surface area contributed by atoms with Gasteiger partial charge in [0, 0.05) is 5.54 Å². The van der Waals surface area contributed by atoms with Gasteiger partial charge in [0.05, 0.1) is 32.0 Å². The number of aliphatic hydroxyl groups is 2. The molecule has 4 N–H and O–H groups in total. The number of hydrogen-bond donors (Lipinski definition) is 3. The zero-order chi connectivity index (χ0) is 13.5. The molecule has 5 nitrogen and oxygen atoms in total. The third-order valence-electron chi connectivity index (χ3n) is 2.47. The van der Waals surface area contributed by atoms with Crippen LogP contribution in [0.2, 0.25) is 0 Å². The molecule has 0 saturated carbocycles. The maximum Gasteiger partial charge on any atom is 0.100 e. The fraction of sp³-hybridized carbons (Fsp3) is 1.00. The second-order valence-corrected chi connectivity index (χ2v) is 5.43. The third-order valence-corrected chi connectivity index (χ3v) is 2.47. The van der Waals surface area contributed by atoms with Crippen LogP contribution in [0.1, 0.15) is 34.1 Å². The molecule has 0 aromatic rings. The van der Waals surface area contributed by atoms with Crippen LogP contribution >= 0.6 is 0 Å². The van der Waals surface area contributed by atoms with Crippen LogP contribution in [-0.2, 0) is 9.47 Å². The molecule has 0 aromatic heterocycles. The van der Waals surface area contributed by atoms with E-state index in [4.69, 9.17) is 25.4 Å². The summed E-state index contributed by atoms with van der Waals surface area (Å²) in [6, 6.07) is 0. The monoisotopic (exact) mass is 249 g/mol. The Bertz CT molecular complexity index is 205. The van der Waals surface area contributed by atoms with Crippen LogP contribution in [0.15, 0.2) is 0 Å². The van der Waals surface area contributed by atoms with Gasteiger partial charge < -0.3 is 25.4 Å². The first-order chi connectivity index (χ1) is 7.72. The zero-order valence-corrected chi connectivity index (χ0v) is 11.4. The summed E-state index contributed by atoms with van der Waals surface area (Å²) in [5.74, 6) is 0. The molecule has 0 amide bonds. The van der Waals surface area contributed by atoms with Gasteiger partial charge in [-0.2, -0.15) is 0 Å². The lowest BCUT2D eigenvalue weighted by Crippen LogP contribution is -2.44. The normalized spacial score (nSPS) is 17.8. The molecule has 2 unspecified atom stereocenters. The highest BCUT2D eigenvalue weighted by molar-refractivity contribution is 4.78. The number of aliphatic hydroxyl groups excluding tert-OH is 2. The molecule has 17 heavy (non-hydrogen) atoms. The van der Waals surface area contributed by atoms with Crippen molar-refractivity contribution >= 4 is 0 Å². The maximum absolute atomic E-state index is 9.15. The van der Waals surface area contributed by atoms with E-state index in [2.05, 4.69) is 0 Å². The lowest BCUT2D eigenvalue weighted by molar-refractivity contribution is -0.111. The summed E-state index contributed by atoms with van der Waals surface area (Å²) in [5.41, 5.74) is 5.07. The third kappa shape index (κ3) is 8.51. The van der Waals surface area contributed by atoms with Crippen LogP contribution in [0, 0.1) is 0 Å². The molecule has 0 aliphatic heterocycles. The summed E-state index contributed by atoms with van der Waals surface area (Å²) in [6.07, 6.45) is -0.0414. The van der Waals surface area contributed by atoms with E-state index in [0.29, 0.717) is 13.2 Å². The molecule has 0 radical (unpaired) electrons. The average Bonchev–Trinajstić information content (AvgIpc) is 2.25. The second-order valence-electron chi connectivity index (χ2n) is 5.43.